The highest BCUT2D eigenvalue weighted by molar-refractivity contribution is 5.98. The minimum atomic E-state index is -0.372. The number of benzene rings is 1. The van der Waals surface area contributed by atoms with Crippen LogP contribution in [-0.2, 0) is 11.2 Å². The first kappa shape index (κ1) is 13.1. The van der Waals surface area contributed by atoms with Crippen LogP contribution >= 0.6 is 0 Å². The van der Waals surface area contributed by atoms with Gasteiger partial charge in [0.05, 0.1) is 6.04 Å². The molecule has 1 aromatic rings. The summed E-state index contributed by atoms with van der Waals surface area (Å²) in [6.07, 6.45) is 3.76. The second-order valence-electron chi connectivity index (χ2n) is 5.12. The van der Waals surface area contributed by atoms with E-state index in [4.69, 9.17) is 5.73 Å². The second kappa shape index (κ2) is 5.53. The summed E-state index contributed by atoms with van der Waals surface area (Å²) in [5, 5.41) is 0. The number of hydrogen-bond acceptors (Lipinski definition) is 2. The molecule has 0 fully saturated rings. The van der Waals surface area contributed by atoms with E-state index in [-0.39, 0.29) is 18.0 Å². The van der Waals surface area contributed by atoms with Crippen LogP contribution in [0.4, 0.5) is 5.69 Å². The molecule has 0 bridgehead atoms. The molecule has 2 N–H and O–H groups in total. The Kier molecular flexibility index (Phi) is 4.02. The molecule has 1 heterocycles. The van der Waals surface area contributed by atoms with E-state index in [9.17, 15) is 4.79 Å². The average Bonchev–Trinajstić information content (AvgIpc) is 2.38. The van der Waals surface area contributed by atoms with Crippen molar-refractivity contribution in [3.05, 3.63) is 29.8 Å². The number of para-hydroxylation sites is 1. The Morgan fingerprint density at radius 1 is 1.50 bits per heavy atom. The van der Waals surface area contributed by atoms with E-state index >= 15 is 0 Å². The topological polar surface area (TPSA) is 46.3 Å². The lowest BCUT2D eigenvalue weighted by Crippen LogP contribution is -2.49. The Morgan fingerprint density at radius 3 is 2.94 bits per heavy atom. The van der Waals surface area contributed by atoms with Gasteiger partial charge >= 0.3 is 0 Å². The number of fused-ring (bicyclic) bond motifs is 1. The van der Waals surface area contributed by atoms with E-state index in [1.807, 2.05) is 23.1 Å². The minimum absolute atomic E-state index is 0.0662. The van der Waals surface area contributed by atoms with Gasteiger partial charge in [-0.15, -0.1) is 0 Å². The third-order valence-electron chi connectivity index (χ3n) is 3.68. The normalized spacial score (nSPS) is 20.4. The van der Waals surface area contributed by atoms with Crippen molar-refractivity contribution in [3.63, 3.8) is 0 Å². The predicted molar refractivity (Wildman–Crippen MR) is 74.6 cm³/mol. The molecule has 1 unspecified atom stereocenters. The van der Waals surface area contributed by atoms with Crippen molar-refractivity contribution in [2.75, 3.05) is 4.90 Å². The molecule has 0 aromatic heterocycles. The third kappa shape index (κ3) is 2.41. The number of amides is 1. The fourth-order valence-corrected chi connectivity index (χ4v) is 2.64. The van der Waals surface area contributed by atoms with Gasteiger partial charge in [-0.3, -0.25) is 4.79 Å². The van der Waals surface area contributed by atoms with Crippen molar-refractivity contribution in [1.82, 2.24) is 0 Å². The minimum Gasteiger partial charge on any atom is -0.320 e. The fraction of sp³-hybridized carbons (Fsp3) is 0.533. The Morgan fingerprint density at radius 2 is 2.22 bits per heavy atom. The first-order valence-corrected chi connectivity index (χ1v) is 6.81. The fourth-order valence-electron chi connectivity index (χ4n) is 2.64. The molecule has 1 aromatic carbocycles. The molecule has 1 aliphatic heterocycles. The first-order chi connectivity index (χ1) is 8.65. The summed E-state index contributed by atoms with van der Waals surface area (Å²) < 4.78 is 0. The highest BCUT2D eigenvalue weighted by atomic mass is 16.2. The van der Waals surface area contributed by atoms with Crippen LogP contribution in [0.1, 0.15) is 38.7 Å². The molecule has 2 rings (SSSR count). The molecule has 1 aliphatic rings. The predicted octanol–water partition coefficient (Wildman–Crippen LogP) is 2.48. The number of hydrogen-bond donors (Lipinski definition) is 1. The van der Waals surface area contributed by atoms with Gasteiger partial charge in [-0.2, -0.15) is 0 Å². The summed E-state index contributed by atoms with van der Waals surface area (Å²) >= 11 is 0. The van der Waals surface area contributed by atoms with Crippen LogP contribution in [0, 0.1) is 0 Å². The Bertz CT molecular complexity index is 430. The van der Waals surface area contributed by atoms with E-state index in [1.165, 1.54) is 5.56 Å². The smallest absolute Gasteiger partial charge is 0.244 e. The van der Waals surface area contributed by atoms with Gasteiger partial charge in [0.25, 0.3) is 0 Å². The summed E-state index contributed by atoms with van der Waals surface area (Å²) in [6, 6.07) is 8.03. The van der Waals surface area contributed by atoms with E-state index in [0.29, 0.717) is 0 Å². The molecule has 0 aliphatic carbocycles. The lowest BCUT2D eigenvalue weighted by molar-refractivity contribution is -0.120. The summed E-state index contributed by atoms with van der Waals surface area (Å²) in [6.45, 7) is 4.16. The van der Waals surface area contributed by atoms with Crippen LogP contribution in [0.3, 0.4) is 0 Å². The zero-order chi connectivity index (χ0) is 13.1. The average molecular weight is 246 g/mol. The molecule has 98 valence electrons. The highest BCUT2D eigenvalue weighted by Crippen LogP contribution is 2.30. The van der Waals surface area contributed by atoms with E-state index in [0.717, 1.165) is 31.4 Å². The molecule has 2 atom stereocenters. The van der Waals surface area contributed by atoms with Crippen LogP contribution < -0.4 is 10.6 Å². The Balaban J connectivity index is 2.29. The van der Waals surface area contributed by atoms with Crippen LogP contribution in [-0.4, -0.2) is 18.0 Å². The first-order valence-electron chi connectivity index (χ1n) is 6.81. The molecule has 3 heteroatoms. The number of rotatable bonds is 3. The quantitative estimate of drug-likeness (QED) is 0.890. The number of aryl methyl sites for hydroxylation is 1. The van der Waals surface area contributed by atoms with E-state index in [2.05, 4.69) is 19.9 Å². The van der Waals surface area contributed by atoms with Crippen LogP contribution in [0.5, 0.6) is 0 Å². The van der Waals surface area contributed by atoms with Gasteiger partial charge in [0, 0.05) is 11.7 Å². The van der Waals surface area contributed by atoms with Crippen LogP contribution in [0.15, 0.2) is 24.3 Å². The summed E-state index contributed by atoms with van der Waals surface area (Å²) in [5.74, 6) is 0.0662. The Hall–Kier alpha value is -1.35. The molecular weight excluding hydrogens is 224 g/mol. The molecular formula is C15H22N2O. The number of anilines is 1. The maximum absolute atomic E-state index is 12.5. The van der Waals surface area contributed by atoms with Crippen molar-refractivity contribution in [2.24, 2.45) is 5.73 Å². The summed E-state index contributed by atoms with van der Waals surface area (Å²) in [4.78, 5) is 14.4. The van der Waals surface area contributed by atoms with Crippen molar-refractivity contribution in [3.8, 4) is 0 Å². The molecule has 18 heavy (non-hydrogen) atoms. The number of carbonyl (C=O) groups excluding carboxylic acids is 1. The van der Waals surface area contributed by atoms with Crippen molar-refractivity contribution < 1.29 is 4.79 Å². The van der Waals surface area contributed by atoms with Gasteiger partial charge in [-0.05, 0) is 37.8 Å². The monoisotopic (exact) mass is 246 g/mol. The summed E-state index contributed by atoms with van der Waals surface area (Å²) in [5.41, 5.74) is 8.29. The number of nitrogens with two attached hydrogens (primary N) is 1. The number of nitrogens with zero attached hydrogens (tertiary/aromatic N) is 1. The van der Waals surface area contributed by atoms with E-state index in [1.54, 1.807) is 0 Å². The van der Waals surface area contributed by atoms with Gasteiger partial charge in [0.2, 0.25) is 5.91 Å². The van der Waals surface area contributed by atoms with Gasteiger partial charge in [-0.25, -0.2) is 0 Å². The highest BCUT2D eigenvalue weighted by Gasteiger charge is 2.30. The maximum Gasteiger partial charge on any atom is 0.244 e. The van der Waals surface area contributed by atoms with Gasteiger partial charge in [-0.1, -0.05) is 31.5 Å². The molecule has 3 nitrogen and oxygen atoms in total. The molecule has 0 saturated carbocycles. The van der Waals surface area contributed by atoms with E-state index < -0.39 is 0 Å². The van der Waals surface area contributed by atoms with Crippen LogP contribution in [0.2, 0.25) is 0 Å². The summed E-state index contributed by atoms with van der Waals surface area (Å²) in [7, 11) is 0. The third-order valence-corrected chi connectivity index (χ3v) is 3.68. The SMILES string of the molecule is CCC[C@H](N)C(=O)N1c2ccccc2CCC1C. The van der Waals surface area contributed by atoms with Crippen molar-refractivity contribution >= 4 is 11.6 Å². The van der Waals surface area contributed by atoms with Gasteiger partial charge in [0.15, 0.2) is 0 Å². The molecule has 0 radical (unpaired) electrons. The van der Waals surface area contributed by atoms with Gasteiger partial charge in [0.1, 0.15) is 0 Å². The largest absolute Gasteiger partial charge is 0.320 e. The molecule has 0 saturated heterocycles. The van der Waals surface area contributed by atoms with Crippen molar-refractivity contribution in [1.29, 1.82) is 0 Å². The van der Waals surface area contributed by atoms with Gasteiger partial charge < -0.3 is 10.6 Å². The molecule has 1 amide bonds. The maximum atomic E-state index is 12.5. The molecule has 0 spiro atoms. The zero-order valence-corrected chi connectivity index (χ0v) is 11.2. The van der Waals surface area contributed by atoms with Crippen LogP contribution in [0.25, 0.3) is 0 Å². The lowest BCUT2D eigenvalue weighted by Gasteiger charge is -2.36. The van der Waals surface area contributed by atoms with Crippen molar-refractivity contribution in [2.45, 2.75) is 51.6 Å². The zero-order valence-electron chi connectivity index (χ0n) is 11.2. The number of carbonyl (C=O) groups is 1. The second-order valence-corrected chi connectivity index (χ2v) is 5.12. The standard InChI is InChI=1S/C15H22N2O/c1-3-6-13(16)15(18)17-11(2)9-10-12-7-4-5-8-14(12)17/h4-5,7-8,11,13H,3,6,9-10,16H2,1-2H3/t11?,13-/m0/s1. The lowest BCUT2D eigenvalue weighted by atomic mass is 9.95. The Labute approximate surface area is 109 Å².